The Morgan fingerprint density at radius 2 is 1.80 bits per heavy atom. The number of nitrogens with two attached hydrogens (primary N) is 1. The van der Waals surface area contributed by atoms with Crippen LogP contribution < -0.4 is 27.2 Å². The van der Waals surface area contributed by atoms with Crippen molar-refractivity contribution in [3.63, 3.8) is 0 Å². The number of carbonyl (C=O) groups is 6. The minimum absolute atomic E-state index is 0.0345. The van der Waals surface area contributed by atoms with Gasteiger partial charge < -0.3 is 26.6 Å². The lowest BCUT2D eigenvalue weighted by Gasteiger charge is -2.34. The second-order valence-electron chi connectivity index (χ2n) is 12.4. The van der Waals surface area contributed by atoms with Gasteiger partial charge in [-0.05, 0) is 50.5 Å². The van der Waals surface area contributed by atoms with E-state index in [-0.39, 0.29) is 73.5 Å². The van der Waals surface area contributed by atoms with Crippen molar-refractivity contribution in [2.75, 3.05) is 11.1 Å². The van der Waals surface area contributed by atoms with E-state index in [1.807, 2.05) is 0 Å². The fraction of sp³-hybridized carbons (Fsp3) is 0.419. The number of H-pyrrole nitrogens is 1. The smallest absolute Gasteiger partial charge is 0.326 e. The van der Waals surface area contributed by atoms with Crippen molar-refractivity contribution >= 4 is 58.2 Å². The molecule has 5 atom stereocenters. The van der Waals surface area contributed by atoms with Crippen LogP contribution >= 0.6 is 0 Å². The van der Waals surface area contributed by atoms with Crippen LogP contribution in [0.1, 0.15) is 61.5 Å². The van der Waals surface area contributed by atoms with Crippen LogP contribution in [0, 0.1) is 0 Å². The number of carboxylic acids is 2. The van der Waals surface area contributed by atoms with Crippen LogP contribution in [0.3, 0.4) is 0 Å². The largest absolute Gasteiger partial charge is 0.480 e. The Hall–Kier alpha value is -5.98. The molecule has 3 aromatic rings. The van der Waals surface area contributed by atoms with Gasteiger partial charge >= 0.3 is 11.9 Å². The van der Waals surface area contributed by atoms with Crippen LogP contribution in [0.2, 0.25) is 0 Å². The summed E-state index contributed by atoms with van der Waals surface area (Å²) in [5.41, 5.74) is 6.38. The van der Waals surface area contributed by atoms with E-state index >= 15 is 0 Å². The van der Waals surface area contributed by atoms with Gasteiger partial charge in [0, 0.05) is 30.5 Å². The number of carbonyl (C=O) groups excluding carboxylic acids is 4. The number of hydrogen-bond acceptors (Lipinski definition) is 13. The SMILES string of the molecule is CC1C(=O)N2C(C(=O)O)CCC23NC(CCC(=O)CCC(NC(=O)c2ccc(NCc4cnc5nc(N)[nH]c(=O)c5n4)cc2)C(=O)O)C(=O)N13. The zero-order valence-electron chi connectivity index (χ0n) is 26.7. The summed E-state index contributed by atoms with van der Waals surface area (Å²) in [6.45, 7) is 1.74. The molecule has 3 aliphatic heterocycles. The van der Waals surface area contributed by atoms with Crippen molar-refractivity contribution in [3.8, 4) is 0 Å². The van der Waals surface area contributed by atoms with E-state index in [1.54, 1.807) is 19.1 Å². The van der Waals surface area contributed by atoms with Crippen LogP contribution in [0.25, 0.3) is 11.2 Å². The highest BCUT2D eigenvalue weighted by atomic mass is 16.4. The van der Waals surface area contributed by atoms with Gasteiger partial charge in [0.1, 0.15) is 23.9 Å². The summed E-state index contributed by atoms with van der Waals surface area (Å²) in [5, 5.41) is 28.0. The lowest BCUT2D eigenvalue weighted by atomic mass is 10.0. The summed E-state index contributed by atoms with van der Waals surface area (Å²) < 4.78 is 0. The Kier molecular flexibility index (Phi) is 8.91. The van der Waals surface area contributed by atoms with Crippen molar-refractivity contribution < 1.29 is 39.0 Å². The van der Waals surface area contributed by atoms with E-state index in [9.17, 15) is 43.8 Å². The average Bonchev–Trinajstić information content (AvgIpc) is 3.66. The summed E-state index contributed by atoms with van der Waals surface area (Å²) in [5.74, 6) is -5.61. The highest BCUT2D eigenvalue weighted by molar-refractivity contribution is 5.99. The first-order valence-corrected chi connectivity index (χ1v) is 15.9. The number of carboxylic acid groups (broad SMARTS) is 2. The Labute approximate surface area is 282 Å². The molecule has 5 heterocycles. The van der Waals surface area contributed by atoms with E-state index < -0.39 is 65.2 Å². The lowest BCUT2D eigenvalue weighted by molar-refractivity contribution is -0.150. The molecule has 0 aliphatic carbocycles. The van der Waals surface area contributed by atoms with Crippen molar-refractivity contribution in [3.05, 3.63) is 52.1 Å². The molecule has 5 unspecified atom stereocenters. The van der Waals surface area contributed by atoms with Gasteiger partial charge in [-0.25, -0.2) is 19.6 Å². The van der Waals surface area contributed by atoms with Crippen LogP contribution in [-0.4, -0.2) is 105 Å². The molecule has 3 aliphatic rings. The van der Waals surface area contributed by atoms with Crippen molar-refractivity contribution in [1.82, 2.24) is 40.4 Å². The van der Waals surface area contributed by atoms with Crippen LogP contribution in [0.4, 0.5) is 11.6 Å². The third kappa shape index (κ3) is 6.17. The Bertz CT molecular complexity index is 1970. The van der Waals surface area contributed by atoms with Crippen LogP contribution in [0.5, 0.6) is 0 Å². The quantitative estimate of drug-likeness (QED) is 0.115. The highest BCUT2D eigenvalue weighted by Gasteiger charge is 2.68. The van der Waals surface area contributed by atoms with Crippen molar-refractivity contribution in [2.45, 2.75) is 81.9 Å². The zero-order chi connectivity index (χ0) is 35.9. The molecule has 3 fully saturated rings. The van der Waals surface area contributed by atoms with Gasteiger partial charge in [0.2, 0.25) is 17.8 Å². The lowest BCUT2D eigenvalue weighted by Crippen LogP contribution is -2.58. The summed E-state index contributed by atoms with van der Waals surface area (Å²) in [4.78, 5) is 105. The van der Waals surface area contributed by atoms with Crippen LogP contribution in [0.15, 0.2) is 35.3 Å². The third-order valence-corrected chi connectivity index (χ3v) is 9.22. The number of aliphatic carboxylic acids is 2. The molecular formula is C31H34N10O9. The molecule has 0 bridgehead atoms. The Balaban J connectivity index is 0.984. The fourth-order valence-electron chi connectivity index (χ4n) is 6.80. The van der Waals surface area contributed by atoms with Gasteiger partial charge in [-0.15, -0.1) is 0 Å². The Morgan fingerprint density at radius 3 is 2.50 bits per heavy atom. The van der Waals surface area contributed by atoms with Crippen molar-refractivity contribution in [2.24, 2.45) is 0 Å². The van der Waals surface area contributed by atoms with E-state index in [0.717, 1.165) is 0 Å². The zero-order valence-corrected chi connectivity index (χ0v) is 26.7. The fourth-order valence-corrected chi connectivity index (χ4v) is 6.80. The standard InChI is InChI=1S/C31H34N10O9/c1-14-26(45)41-21(29(49)50)10-11-31(41)39-19(27(46)40(14)31)8-6-18(42)7-9-20(28(47)48)36-24(43)15-2-4-16(5-3-15)33-12-17-13-34-23-22(35-17)25(44)38-30(32)37-23/h2-5,13-14,19-21,33,39H,6-12H2,1H3,(H,36,43)(H,47,48)(H,49,50)(H3,32,34,37,38,44). The number of Topliss-reactive ketones (excluding diaryl/α,β-unsaturated/α-hetero) is 1. The minimum Gasteiger partial charge on any atom is -0.480 e. The molecule has 262 valence electrons. The summed E-state index contributed by atoms with van der Waals surface area (Å²) in [6, 6.07) is 2.10. The highest BCUT2D eigenvalue weighted by Crippen LogP contribution is 2.46. The number of amides is 3. The van der Waals surface area contributed by atoms with Gasteiger partial charge in [0.15, 0.2) is 17.0 Å². The molecule has 0 saturated carbocycles. The maximum Gasteiger partial charge on any atom is 0.326 e. The van der Waals surface area contributed by atoms with Gasteiger partial charge in [-0.1, -0.05) is 0 Å². The molecule has 1 aromatic carbocycles. The molecular weight excluding hydrogens is 656 g/mol. The number of nitrogens with one attached hydrogen (secondary N) is 4. The average molecular weight is 691 g/mol. The molecule has 19 heteroatoms. The first kappa shape index (κ1) is 33.9. The van der Waals surface area contributed by atoms with Crippen LogP contribution in [-0.2, 0) is 30.5 Å². The molecule has 1 spiro atoms. The van der Waals surface area contributed by atoms with E-state index in [2.05, 4.69) is 35.9 Å². The number of fused-ring (bicyclic) bond motifs is 1. The number of nitrogen functional groups attached to an aromatic ring is 1. The van der Waals surface area contributed by atoms with Gasteiger partial charge in [0.25, 0.3) is 11.5 Å². The minimum atomic E-state index is -1.36. The summed E-state index contributed by atoms with van der Waals surface area (Å²) in [6.07, 6.45) is 1.51. The predicted octanol–water partition coefficient (Wildman–Crippen LogP) is -0.848. The molecule has 6 rings (SSSR count). The maximum atomic E-state index is 13.2. The van der Waals surface area contributed by atoms with Crippen molar-refractivity contribution in [1.29, 1.82) is 0 Å². The molecule has 3 amide bonds. The number of anilines is 2. The Morgan fingerprint density at radius 1 is 1.06 bits per heavy atom. The maximum absolute atomic E-state index is 13.2. The number of rotatable bonds is 13. The van der Waals surface area contributed by atoms with E-state index in [1.165, 1.54) is 28.1 Å². The number of ketones is 1. The van der Waals surface area contributed by atoms with Gasteiger partial charge in [-0.3, -0.25) is 44.1 Å². The molecule has 2 aromatic heterocycles. The number of hydrogen-bond donors (Lipinski definition) is 7. The molecule has 3 saturated heterocycles. The normalized spacial score (nSPS) is 23.1. The number of aromatic amines is 1. The van der Waals surface area contributed by atoms with Gasteiger partial charge in [0.05, 0.1) is 24.5 Å². The molecule has 8 N–H and O–H groups in total. The first-order chi connectivity index (χ1) is 23.8. The summed E-state index contributed by atoms with van der Waals surface area (Å²) in [7, 11) is 0. The number of nitrogens with zero attached hydrogens (tertiary/aromatic N) is 5. The molecule has 0 radical (unpaired) electrons. The van der Waals surface area contributed by atoms with Gasteiger partial charge in [-0.2, -0.15) is 4.98 Å². The number of aromatic nitrogens is 4. The second-order valence-corrected chi connectivity index (χ2v) is 12.4. The summed E-state index contributed by atoms with van der Waals surface area (Å²) >= 11 is 0. The number of benzene rings is 1. The third-order valence-electron chi connectivity index (χ3n) is 9.22. The molecule has 50 heavy (non-hydrogen) atoms. The second kappa shape index (κ2) is 13.1. The first-order valence-electron chi connectivity index (χ1n) is 15.9. The van der Waals surface area contributed by atoms with E-state index in [4.69, 9.17) is 5.73 Å². The predicted molar refractivity (Wildman–Crippen MR) is 172 cm³/mol. The topological polar surface area (TPSA) is 283 Å². The monoisotopic (exact) mass is 690 g/mol. The van der Waals surface area contributed by atoms with E-state index in [0.29, 0.717) is 11.4 Å². The molecule has 19 nitrogen and oxygen atoms in total.